The number of hydrogen-bond donors (Lipinski definition) is 2. The Kier molecular flexibility index (Phi) is 8.63. The van der Waals surface area contributed by atoms with Crippen LogP contribution in [-0.2, 0) is 26.0 Å². The van der Waals surface area contributed by atoms with E-state index in [4.69, 9.17) is 0 Å². The molecule has 3 rings (SSSR count). The third kappa shape index (κ3) is 6.88. The quantitative estimate of drug-likeness (QED) is 0.593. The molecule has 0 atom stereocenters. The molecule has 2 aromatic carbocycles. The number of anilines is 2. The van der Waals surface area contributed by atoms with E-state index >= 15 is 0 Å². The van der Waals surface area contributed by atoms with Gasteiger partial charge in [-0.05, 0) is 61.6 Å². The molecule has 2 aromatic rings. The van der Waals surface area contributed by atoms with Crippen LogP contribution >= 0.6 is 0 Å². The molecule has 33 heavy (non-hydrogen) atoms. The fourth-order valence-electron chi connectivity index (χ4n) is 3.81. The average Bonchev–Trinajstić information content (AvgIpc) is 3.10. The summed E-state index contributed by atoms with van der Waals surface area (Å²) >= 11 is 0. The summed E-state index contributed by atoms with van der Waals surface area (Å²) in [5.74, 6) is -0.226. The molecule has 1 aliphatic heterocycles. The van der Waals surface area contributed by atoms with Gasteiger partial charge in [-0.1, -0.05) is 38.0 Å². The predicted octanol–water partition coefficient (Wildman–Crippen LogP) is 4.48. The number of carbonyl (C=O) groups excluding carboxylic acids is 2. The number of rotatable bonds is 8. The van der Waals surface area contributed by atoms with Crippen LogP contribution in [0.5, 0.6) is 0 Å². The van der Waals surface area contributed by atoms with Gasteiger partial charge < -0.3 is 10.6 Å². The van der Waals surface area contributed by atoms with Crippen LogP contribution in [-0.4, -0.2) is 37.6 Å². The summed E-state index contributed by atoms with van der Waals surface area (Å²) in [5, 5.41) is 5.70. The molecular weight excluding hydrogens is 438 g/mol. The van der Waals surface area contributed by atoms with Crippen LogP contribution in [0.1, 0.15) is 56.6 Å². The van der Waals surface area contributed by atoms with E-state index in [1.165, 1.54) is 0 Å². The lowest BCUT2D eigenvalue weighted by molar-refractivity contribution is -0.116. The summed E-state index contributed by atoms with van der Waals surface area (Å²) in [7, 11) is -3.47. The van der Waals surface area contributed by atoms with Crippen LogP contribution in [0.2, 0.25) is 0 Å². The third-order valence-electron chi connectivity index (χ3n) is 5.88. The molecule has 0 aromatic heterocycles. The molecule has 1 heterocycles. The maximum Gasteiger partial charge on any atom is 0.243 e. The van der Waals surface area contributed by atoms with Crippen molar-refractivity contribution >= 4 is 33.2 Å². The zero-order valence-corrected chi connectivity index (χ0v) is 20.2. The minimum Gasteiger partial charge on any atom is -0.326 e. The standard InChI is InChI=1S/C25H33N3O4S/c1-3-24(29)26-21-12-8-19(2)23(18-21)27-25(30)15-11-20-9-13-22(14-10-20)33(31,32)28-16-6-4-5-7-17-28/h8-10,12-14,18H,3-7,11,15-17H2,1-2H3,(H,26,29)(H,27,30). The summed E-state index contributed by atoms with van der Waals surface area (Å²) in [4.78, 5) is 24.4. The maximum atomic E-state index is 12.9. The first-order valence-corrected chi connectivity index (χ1v) is 13.0. The molecule has 1 saturated heterocycles. The van der Waals surface area contributed by atoms with E-state index in [0.717, 1.165) is 36.8 Å². The van der Waals surface area contributed by atoms with Gasteiger partial charge in [0.05, 0.1) is 4.90 Å². The van der Waals surface area contributed by atoms with Crippen LogP contribution in [0.3, 0.4) is 0 Å². The molecule has 7 nitrogen and oxygen atoms in total. The molecule has 0 spiro atoms. The second-order valence-electron chi connectivity index (χ2n) is 8.44. The number of benzene rings is 2. The van der Waals surface area contributed by atoms with Crippen molar-refractivity contribution in [2.45, 2.75) is 63.7 Å². The van der Waals surface area contributed by atoms with Crippen molar-refractivity contribution in [1.29, 1.82) is 0 Å². The largest absolute Gasteiger partial charge is 0.326 e. The van der Waals surface area contributed by atoms with Crippen molar-refractivity contribution < 1.29 is 18.0 Å². The van der Waals surface area contributed by atoms with Crippen LogP contribution in [0, 0.1) is 6.92 Å². The average molecular weight is 472 g/mol. The maximum absolute atomic E-state index is 12.9. The fraction of sp³-hybridized carbons (Fsp3) is 0.440. The zero-order valence-electron chi connectivity index (χ0n) is 19.4. The van der Waals surface area contributed by atoms with Gasteiger partial charge in [-0.25, -0.2) is 8.42 Å². The monoisotopic (exact) mass is 471 g/mol. The number of hydrogen-bond acceptors (Lipinski definition) is 4. The Balaban J connectivity index is 1.57. The molecule has 0 saturated carbocycles. The molecule has 178 valence electrons. The second-order valence-corrected chi connectivity index (χ2v) is 10.4. The molecule has 8 heteroatoms. The molecule has 1 aliphatic rings. The Morgan fingerprint density at radius 2 is 1.58 bits per heavy atom. The fourth-order valence-corrected chi connectivity index (χ4v) is 5.33. The highest BCUT2D eigenvalue weighted by Gasteiger charge is 2.24. The van der Waals surface area contributed by atoms with E-state index in [1.807, 2.05) is 13.0 Å². The molecule has 0 unspecified atom stereocenters. The Morgan fingerprint density at radius 3 is 2.21 bits per heavy atom. The predicted molar refractivity (Wildman–Crippen MR) is 131 cm³/mol. The lowest BCUT2D eigenvalue weighted by Crippen LogP contribution is -2.31. The number of carbonyl (C=O) groups is 2. The number of nitrogens with one attached hydrogen (secondary N) is 2. The summed E-state index contributed by atoms with van der Waals surface area (Å²) in [5.41, 5.74) is 3.11. The second kappa shape index (κ2) is 11.4. The minimum atomic E-state index is -3.47. The third-order valence-corrected chi connectivity index (χ3v) is 7.80. The highest BCUT2D eigenvalue weighted by molar-refractivity contribution is 7.89. The highest BCUT2D eigenvalue weighted by atomic mass is 32.2. The van der Waals surface area contributed by atoms with Gasteiger partial charge in [-0.15, -0.1) is 0 Å². The number of nitrogens with zero attached hydrogens (tertiary/aromatic N) is 1. The Labute approximate surface area is 196 Å². The van der Waals surface area contributed by atoms with Crippen molar-refractivity contribution in [3.05, 3.63) is 53.6 Å². The Bertz CT molecular complexity index is 1070. The van der Waals surface area contributed by atoms with Gasteiger partial charge in [-0.3, -0.25) is 9.59 Å². The summed E-state index contributed by atoms with van der Waals surface area (Å²) in [6.45, 7) is 4.83. The van der Waals surface area contributed by atoms with Gasteiger partial charge in [0.2, 0.25) is 21.8 Å². The lowest BCUT2D eigenvalue weighted by atomic mass is 10.1. The van der Waals surface area contributed by atoms with E-state index in [1.54, 1.807) is 47.6 Å². The van der Waals surface area contributed by atoms with Gasteiger partial charge in [-0.2, -0.15) is 4.31 Å². The van der Waals surface area contributed by atoms with Crippen molar-refractivity contribution in [3.63, 3.8) is 0 Å². The summed E-state index contributed by atoms with van der Waals surface area (Å²) < 4.78 is 27.4. The lowest BCUT2D eigenvalue weighted by Gasteiger charge is -2.20. The van der Waals surface area contributed by atoms with Gasteiger partial charge in [0.25, 0.3) is 0 Å². The first-order chi connectivity index (χ1) is 15.8. The molecule has 0 radical (unpaired) electrons. The highest BCUT2D eigenvalue weighted by Crippen LogP contribution is 2.22. The van der Waals surface area contributed by atoms with Gasteiger partial charge >= 0.3 is 0 Å². The number of amides is 2. The molecular formula is C25H33N3O4S. The van der Waals surface area contributed by atoms with E-state index in [2.05, 4.69) is 10.6 Å². The number of sulfonamides is 1. The minimum absolute atomic E-state index is 0.0857. The van der Waals surface area contributed by atoms with Gasteiger partial charge in [0.15, 0.2) is 0 Å². The summed E-state index contributed by atoms with van der Waals surface area (Å²) in [6, 6.07) is 12.2. The molecule has 1 fully saturated rings. The van der Waals surface area contributed by atoms with Crippen LogP contribution in [0.4, 0.5) is 11.4 Å². The molecule has 0 bridgehead atoms. The van der Waals surface area contributed by atoms with Crippen molar-refractivity contribution in [1.82, 2.24) is 4.31 Å². The normalized spacial score (nSPS) is 15.0. The topological polar surface area (TPSA) is 95.6 Å². The SMILES string of the molecule is CCC(=O)Nc1ccc(C)c(NC(=O)CCc2ccc(S(=O)(=O)N3CCCCCC3)cc2)c1. The molecule has 2 N–H and O–H groups in total. The van der Waals surface area contributed by atoms with E-state index in [9.17, 15) is 18.0 Å². The zero-order chi connectivity index (χ0) is 23.8. The van der Waals surface area contributed by atoms with Crippen molar-refractivity contribution in [3.8, 4) is 0 Å². The van der Waals surface area contributed by atoms with Crippen molar-refractivity contribution in [2.24, 2.45) is 0 Å². The van der Waals surface area contributed by atoms with Crippen LogP contribution in [0.25, 0.3) is 0 Å². The smallest absolute Gasteiger partial charge is 0.243 e. The van der Waals surface area contributed by atoms with E-state index in [0.29, 0.717) is 42.2 Å². The first-order valence-electron chi connectivity index (χ1n) is 11.6. The Hall–Kier alpha value is -2.71. The first kappa shape index (κ1) is 24.9. The van der Waals surface area contributed by atoms with E-state index in [-0.39, 0.29) is 18.2 Å². The van der Waals surface area contributed by atoms with Gasteiger partial charge in [0, 0.05) is 37.3 Å². The van der Waals surface area contributed by atoms with Crippen LogP contribution in [0.15, 0.2) is 47.4 Å². The molecule has 2 amide bonds. The Morgan fingerprint density at radius 1 is 0.909 bits per heavy atom. The van der Waals surface area contributed by atoms with E-state index < -0.39 is 10.0 Å². The van der Waals surface area contributed by atoms with Crippen molar-refractivity contribution in [2.75, 3.05) is 23.7 Å². The molecule has 0 aliphatic carbocycles. The van der Waals surface area contributed by atoms with Gasteiger partial charge in [0.1, 0.15) is 0 Å². The summed E-state index contributed by atoms with van der Waals surface area (Å²) in [6.07, 6.45) is 5.10. The van der Waals surface area contributed by atoms with Crippen LogP contribution < -0.4 is 10.6 Å². The number of aryl methyl sites for hydroxylation is 2.